The number of aryl methyl sites for hydroxylation is 1. The molecule has 0 spiro atoms. The highest BCUT2D eigenvalue weighted by Crippen LogP contribution is 2.13. The molecule has 0 saturated carbocycles. The quantitative estimate of drug-likeness (QED) is 0.657. The molecule has 1 amide bonds. The van der Waals surface area contributed by atoms with Crippen molar-refractivity contribution in [2.45, 2.75) is 13.8 Å². The van der Waals surface area contributed by atoms with E-state index in [0.29, 0.717) is 16.8 Å². The van der Waals surface area contributed by atoms with E-state index in [9.17, 15) is 9.59 Å². The Balaban J connectivity index is 3.21. The van der Waals surface area contributed by atoms with Gasteiger partial charge in [0.05, 0.1) is 11.3 Å². The van der Waals surface area contributed by atoms with Crippen LogP contribution in [0.4, 0.5) is 0 Å². The van der Waals surface area contributed by atoms with Gasteiger partial charge in [-0.05, 0) is 19.4 Å². The van der Waals surface area contributed by atoms with E-state index in [4.69, 9.17) is 5.73 Å². The van der Waals surface area contributed by atoms with Gasteiger partial charge in [0, 0.05) is 6.20 Å². The molecule has 1 aromatic rings. The first-order chi connectivity index (χ1) is 6.07. The summed E-state index contributed by atoms with van der Waals surface area (Å²) in [7, 11) is 0. The monoisotopic (exact) mass is 182 g/mol. The number of rotatable bonds is 3. The summed E-state index contributed by atoms with van der Waals surface area (Å²) in [6.45, 7) is 3.66. The highest BCUT2D eigenvalue weighted by Gasteiger charge is 2.14. The highest BCUT2D eigenvalue weighted by molar-refractivity contribution is 5.95. The second-order valence-corrected chi connectivity index (χ2v) is 2.66. The number of hydrogen-bond acceptors (Lipinski definition) is 3. The van der Waals surface area contributed by atoms with Gasteiger partial charge in [-0.25, -0.2) is 0 Å². The predicted octanol–water partition coefficient (Wildman–Crippen LogP) is -0.211. The predicted molar refractivity (Wildman–Crippen MR) is 45.1 cm³/mol. The van der Waals surface area contributed by atoms with E-state index in [1.165, 1.54) is 10.9 Å². The number of hydrogen-bond donors (Lipinski definition) is 1. The standard InChI is InChI=1S/C8H10N2O3/c1-5-3-10(13-4-11)6(2)7(5)8(9)12/h3-4H,1-2H3,(H2,9,12). The van der Waals surface area contributed by atoms with Crippen molar-refractivity contribution in [3.05, 3.63) is 23.0 Å². The van der Waals surface area contributed by atoms with Gasteiger partial charge in [0.15, 0.2) is 0 Å². The van der Waals surface area contributed by atoms with Gasteiger partial charge in [0.2, 0.25) is 0 Å². The number of amides is 1. The average Bonchev–Trinajstić information content (AvgIpc) is 2.28. The maximum atomic E-state index is 10.9. The number of carbonyl (C=O) groups excluding carboxylic acids is 2. The lowest BCUT2D eigenvalue weighted by Crippen LogP contribution is -2.15. The fraction of sp³-hybridized carbons (Fsp3) is 0.250. The van der Waals surface area contributed by atoms with Gasteiger partial charge in [-0.1, -0.05) is 0 Å². The molecule has 0 fully saturated rings. The largest absolute Gasteiger partial charge is 0.366 e. The summed E-state index contributed by atoms with van der Waals surface area (Å²) in [5.41, 5.74) is 6.73. The van der Waals surface area contributed by atoms with Crippen LogP contribution < -0.4 is 10.6 Å². The van der Waals surface area contributed by atoms with Gasteiger partial charge in [0.25, 0.3) is 5.91 Å². The molecule has 0 saturated heterocycles. The van der Waals surface area contributed by atoms with E-state index in [1.807, 2.05) is 0 Å². The zero-order valence-corrected chi connectivity index (χ0v) is 7.40. The van der Waals surface area contributed by atoms with Gasteiger partial charge in [-0.2, -0.15) is 4.73 Å². The Morgan fingerprint density at radius 2 is 2.23 bits per heavy atom. The normalized spacial score (nSPS) is 9.69. The summed E-state index contributed by atoms with van der Waals surface area (Å²) in [6.07, 6.45) is 1.53. The second kappa shape index (κ2) is 3.30. The second-order valence-electron chi connectivity index (χ2n) is 2.66. The van der Waals surface area contributed by atoms with Crippen molar-refractivity contribution in [2.75, 3.05) is 0 Å². The molecule has 1 aromatic heterocycles. The molecule has 0 bridgehead atoms. The van der Waals surface area contributed by atoms with E-state index < -0.39 is 5.91 Å². The topological polar surface area (TPSA) is 74.3 Å². The number of carbonyl (C=O) groups is 2. The zero-order chi connectivity index (χ0) is 10.0. The Morgan fingerprint density at radius 3 is 2.62 bits per heavy atom. The van der Waals surface area contributed by atoms with E-state index in [1.54, 1.807) is 13.8 Å². The number of nitrogens with zero attached hydrogens (tertiary/aromatic N) is 1. The van der Waals surface area contributed by atoms with Crippen LogP contribution in [-0.2, 0) is 4.79 Å². The Morgan fingerprint density at radius 1 is 1.62 bits per heavy atom. The van der Waals surface area contributed by atoms with E-state index in [0.717, 1.165) is 0 Å². The zero-order valence-electron chi connectivity index (χ0n) is 7.40. The van der Waals surface area contributed by atoms with Crippen LogP contribution in [0.3, 0.4) is 0 Å². The summed E-state index contributed by atoms with van der Waals surface area (Å²) in [6, 6.07) is 0. The van der Waals surface area contributed by atoms with Crippen molar-refractivity contribution >= 4 is 12.4 Å². The molecule has 0 radical (unpaired) electrons. The van der Waals surface area contributed by atoms with Crippen LogP contribution in [0.1, 0.15) is 21.6 Å². The number of aromatic nitrogens is 1. The molecule has 13 heavy (non-hydrogen) atoms. The fourth-order valence-electron chi connectivity index (χ4n) is 1.26. The van der Waals surface area contributed by atoms with Crippen LogP contribution in [0, 0.1) is 13.8 Å². The van der Waals surface area contributed by atoms with Crippen LogP contribution >= 0.6 is 0 Å². The lowest BCUT2D eigenvalue weighted by molar-refractivity contribution is -0.129. The van der Waals surface area contributed by atoms with Crippen molar-refractivity contribution in [3.8, 4) is 0 Å². The highest BCUT2D eigenvalue weighted by atomic mass is 16.7. The van der Waals surface area contributed by atoms with Crippen LogP contribution in [0.5, 0.6) is 0 Å². The van der Waals surface area contributed by atoms with Gasteiger partial charge in [-0.15, -0.1) is 0 Å². The first-order valence-corrected chi connectivity index (χ1v) is 3.67. The van der Waals surface area contributed by atoms with Gasteiger partial charge in [-0.3, -0.25) is 9.59 Å². The van der Waals surface area contributed by atoms with Crippen molar-refractivity contribution in [3.63, 3.8) is 0 Å². The van der Waals surface area contributed by atoms with Crippen LogP contribution in [0.2, 0.25) is 0 Å². The lowest BCUT2D eigenvalue weighted by atomic mass is 10.1. The molecule has 5 heteroatoms. The molecule has 0 aliphatic rings. The van der Waals surface area contributed by atoms with Gasteiger partial charge in [0.1, 0.15) is 0 Å². The molecule has 1 rings (SSSR count). The molecular weight excluding hydrogens is 172 g/mol. The molecule has 2 N–H and O–H groups in total. The average molecular weight is 182 g/mol. The van der Waals surface area contributed by atoms with Crippen LogP contribution in [0.15, 0.2) is 6.20 Å². The number of nitrogens with two attached hydrogens (primary N) is 1. The molecule has 1 heterocycles. The van der Waals surface area contributed by atoms with Crippen molar-refractivity contribution < 1.29 is 14.4 Å². The third-order valence-corrected chi connectivity index (χ3v) is 1.80. The van der Waals surface area contributed by atoms with Gasteiger partial charge >= 0.3 is 6.47 Å². The Labute approximate surface area is 75.0 Å². The van der Waals surface area contributed by atoms with Crippen LogP contribution in [-0.4, -0.2) is 17.1 Å². The molecule has 0 aliphatic carbocycles. The van der Waals surface area contributed by atoms with Gasteiger partial charge < -0.3 is 10.6 Å². The smallest absolute Gasteiger partial charge is 0.321 e. The molecule has 0 aliphatic heterocycles. The first kappa shape index (κ1) is 9.31. The van der Waals surface area contributed by atoms with E-state index in [-0.39, 0.29) is 6.47 Å². The first-order valence-electron chi connectivity index (χ1n) is 3.67. The number of primary amides is 1. The summed E-state index contributed by atoms with van der Waals surface area (Å²) >= 11 is 0. The minimum absolute atomic E-state index is 0.289. The third-order valence-electron chi connectivity index (χ3n) is 1.80. The maximum absolute atomic E-state index is 10.9. The minimum atomic E-state index is -0.525. The minimum Gasteiger partial charge on any atom is -0.366 e. The van der Waals surface area contributed by atoms with Crippen molar-refractivity contribution in [2.24, 2.45) is 5.73 Å². The Kier molecular flexibility index (Phi) is 2.36. The molecule has 0 unspecified atom stereocenters. The van der Waals surface area contributed by atoms with E-state index in [2.05, 4.69) is 4.84 Å². The van der Waals surface area contributed by atoms with E-state index >= 15 is 0 Å². The molecular formula is C8H10N2O3. The molecule has 5 nitrogen and oxygen atoms in total. The molecule has 70 valence electrons. The Bertz CT molecular complexity index is 355. The lowest BCUT2D eigenvalue weighted by Gasteiger charge is -2.00. The summed E-state index contributed by atoms with van der Waals surface area (Å²) in [5.74, 6) is -0.525. The molecule has 0 aromatic carbocycles. The Hall–Kier alpha value is -1.78. The maximum Gasteiger partial charge on any atom is 0.321 e. The summed E-state index contributed by atoms with van der Waals surface area (Å²) in [4.78, 5) is 25.6. The summed E-state index contributed by atoms with van der Waals surface area (Å²) < 4.78 is 1.21. The third kappa shape index (κ3) is 1.53. The SMILES string of the molecule is Cc1cn(OC=O)c(C)c1C(N)=O. The van der Waals surface area contributed by atoms with Crippen LogP contribution in [0.25, 0.3) is 0 Å². The fourth-order valence-corrected chi connectivity index (χ4v) is 1.26. The van der Waals surface area contributed by atoms with Crippen molar-refractivity contribution in [1.82, 2.24) is 4.73 Å². The molecule has 0 atom stereocenters. The van der Waals surface area contributed by atoms with Crippen molar-refractivity contribution in [1.29, 1.82) is 0 Å². The summed E-state index contributed by atoms with van der Waals surface area (Å²) in [5, 5.41) is 0.